The normalized spacial score (nSPS) is 10.2. The SMILES string of the molecule is C=CCNC(=O)CCNCCc1ccc(Cl)cc1Cl. The second kappa shape index (κ2) is 8.97. The molecule has 1 rings (SSSR count). The van der Waals surface area contributed by atoms with Crippen LogP contribution < -0.4 is 10.6 Å². The van der Waals surface area contributed by atoms with Gasteiger partial charge in [0.25, 0.3) is 0 Å². The third-order valence-electron chi connectivity index (χ3n) is 2.56. The van der Waals surface area contributed by atoms with Gasteiger partial charge in [-0.05, 0) is 30.7 Å². The number of benzene rings is 1. The average molecular weight is 301 g/mol. The minimum absolute atomic E-state index is 0.0249. The van der Waals surface area contributed by atoms with Gasteiger partial charge >= 0.3 is 0 Å². The lowest BCUT2D eigenvalue weighted by atomic mass is 10.1. The Labute approximate surface area is 124 Å². The quantitative estimate of drug-likeness (QED) is 0.572. The number of carbonyl (C=O) groups excluding carboxylic acids is 1. The molecular weight excluding hydrogens is 283 g/mol. The van der Waals surface area contributed by atoms with Crippen molar-refractivity contribution < 1.29 is 4.79 Å². The van der Waals surface area contributed by atoms with Crippen LogP contribution in [0.5, 0.6) is 0 Å². The fraction of sp³-hybridized carbons (Fsp3) is 0.357. The number of halogens is 2. The van der Waals surface area contributed by atoms with Crippen molar-refractivity contribution in [2.45, 2.75) is 12.8 Å². The molecule has 0 heterocycles. The van der Waals surface area contributed by atoms with Crippen LogP contribution in [0.4, 0.5) is 0 Å². The topological polar surface area (TPSA) is 41.1 Å². The van der Waals surface area contributed by atoms with E-state index in [1.807, 2.05) is 12.1 Å². The molecule has 19 heavy (non-hydrogen) atoms. The van der Waals surface area contributed by atoms with E-state index in [1.165, 1.54) is 0 Å². The van der Waals surface area contributed by atoms with Crippen molar-refractivity contribution in [1.82, 2.24) is 10.6 Å². The van der Waals surface area contributed by atoms with Crippen molar-refractivity contribution in [1.29, 1.82) is 0 Å². The summed E-state index contributed by atoms with van der Waals surface area (Å²) < 4.78 is 0. The molecule has 0 aliphatic heterocycles. The van der Waals surface area contributed by atoms with Gasteiger partial charge in [-0.3, -0.25) is 4.79 Å². The van der Waals surface area contributed by atoms with E-state index in [2.05, 4.69) is 17.2 Å². The molecule has 0 fully saturated rings. The Morgan fingerprint density at radius 3 is 2.79 bits per heavy atom. The molecule has 0 unspecified atom stereocenters. The van der Waals surface area contributed by atoms with Crippen molar-refractivity contribution in [2.24, 2.45) is 0 Å². The molecule has 0 radical (unpaired) electrons. The number of rotatable bonds is 8. The molecule has 0 spiro atoms. The summed E-state index contributed by atoms with van der Waals surface area (Å²) in [7, 11) is 0. The first-order valence-electron chi connectivity index (χ1n) is 6.15. The van der Waals surface area contributed by atoms with E-state index in [0.717, 1.165) is 18.5 Å². The fourth-order valence-electron chi connectivity index (χ4n) is 1.55. The zero-order valence-electron chi connectivity index (χ0n) is 10.7. The smallest absolute Gasteiger partial charge is 0.221 e. The second-order valence-corrected chi connectivity index (χ2v) is 4.92. The van der Waals surface area contributed by atoms with E-state index in [9.17, 15) is 4.79 Å². The van der Waals surface area contributed by atoms with Gasteiger partial charge in [0.15, 0.2) is 0 Å². The zero-order chi connectivity index (χ0) is 14.1. The molecule has 5 heteroatoms. The Bertz CT molecular complexity index is 435. The summed E-state index contributed by atoms with van der Waals surface area (Å²) in [5.74, 6) is 0.0249. The maximum atomic E-state index is 11.3. The highest BCUT2D eigenvalue weighted by atomic mass is 35.5. The Balaban J connectivity index is 2.17. The van der Waals surface area contributed by atoms with Gasteiger partial charge in [0.2, 0.25) is 5.91 Å². The molecule has 104 valence electrons. The highest BCUT2D eigenvalue weighted by Gasteiger charge is 2.02. The maximum Gasteiger partial charge on any atom is 0.221 e. The van der Waals surface area contributed by atoms with Crippen LogP contribution in [-0.4, -0.2) is 25.5 Å². The molecule has 3 nitrogen and oxygen atoms in total. The van der Waals surface area contributed by atoms with Crippen molar-refractivity contribution in [3.8, 4) is 0 Å². The zero-order valence-corrected chi connectivity index (χ0v) is 12.2. The molecule has 0 saturated carbocycles. The minimum atomic E-state index is 0.0249. The van der Waals surface area contributed by atoms with Crippen LogP contribution in [0.25, 0.3) is 0 Å². The first-order valence-corrected chi connectivity index (χ1v) is 6.91. The molecule has 0 atom stereocenters. The fourth-order valence-corrected chi connectivity index (χ4v) is 2.05. The van der Waals surface area contributed by atoms with Crippen LogP contribution in [0.1, 0.15) is 12.0 Å². The van der Waals surface area contributed by atoms with Crippen molar-refractivity contribution in [3.05, 3.63) is 46.5 Å². The predicted octanol–water partition coefficient (Wildman–Crippen LogP) is 2.82. The molecule has 0 saturated heterocycles. The number of hydrogen-bond donors (Lipinski definition) is 2. The number of nitrogens with one attached hydrogen (secondary N) is 2. The van der Waals surface area contributed by atoms with Gasteiger partial charge in [0, 0.05) is 29.6 Å². The molecular formula is C14H18Cl2N2O. The lowest BCUT2D eigenvalue weighted by molar-refractivity contribution is -0.120. The summed E-state index contributed by atoms with van der Waals surface area (Å²) in [6.45, 7) is 5.47. The van der Waals surface area contributed by atoms with Crippen molar-refractivity contribution in [2.75, 3.05) is 19.6 Å². The van der Waals surface area contributed by atoms with E-state index in [1.54, 1.807) is 12.1 Å². The van der Waals surface area contributed by atoms with Crippen molar-refractivity contribution in [3.63, 3.8) is 0 Å². The lowest BCUT2D eigenvalue weighted by Gasteiger charge is -2.07. The molecule has 0 aromatic heterocycles. The highest BCUT2D eigenvalue weighted by Crippen LogP contribution is 2.20. The molecule has 1 aromatic rings. The molecule has 1 aromatic carbocycles. The van der Waals surface area contributed by atoms with Gasteiger partial charge in [-0.2, -0.15) is 0 Å². The predicted molar refractivity (Wildman–Crippen MR) is 80.9 cm³/mol. The molecule has 1 amide bonds. The maximum absolute atomic E-state index is 11.3. The highest BCUT2D eigenvalue weighted by molar-refractivity contribution is 6.35. The summed E-state index contributed by atoms with van der Waals surface area (Å²) in [6, 6.07) is 5.48. The van der Waals surface area contributed by atoms with Crippen LogP contribution in [0.2, 0.25) is 10.0 Å². The summed E-state index contributed by atoms with van der Waals surface area (Å²) in [6.07, 6.45) is 2.93. The van der Waals surface area contributed by atoms with Gasteiger partial charge in [0.1, 0.15) is 0 Å². The standard InChI is InChI=1S/C14H18Cl2N2O/c1-2-7-18-14(19)6-9-17-8-5-11-3-4-12(15)10-13(11)16/h2-4,10,17H,1,5-9H2,(H,18,19). The Morgan fingerprint density at radius 1 is 1.32 bits per heavy atom. The third kappa shape index (κ3) is 6.62. The number of hydrogen-bond acceptors (Lipinski definition) is 2. The van der Waals surface area contributed by atoms with E-state index in [-0.39, 0.29) is 5.91 Å². The van der Waals surface area contributed by atoms with Crippen molar-refractivity contribution >= 4 is 29.1 Å². The van der Waals surface area contributed by atoms with E-state index < -0.39 is 0 Å². The Hall–Kier alpha value is -1.03. The molecule has 2 N–H and O–H groups in total. The van der Waals surface area contributed by atoms with Crippen LogP contribution in [-0.2, 0) is 11.2 Å². The van der Waals surface area contributed by atoms with E-state index >= 15 is 0 Å². The monoisotopic (exact) mass is 300 g/mol. The first kappa shape index (κ1) is 16.0. The van der Waals surface area contributed by atoms with E-state index in [4.69, 9.17) is 23.2 Å². The summed E-state index contributed by atoms with van der Waals surface area (Å²) in [5.41, 5.74) is 1.05. The average Bonchev–Trinajstić information content (AvgIpc) is 2.38. The molecule has 0 bridgehead atoms. The minimum Gasteiger partial charge on any atom is -0.353 e. The molecule has 0 aliphatic rings. The van der Waals surface area contributed by atoms with Gasteiger partial charge < -0.3 is 10.6 Å². The Kier molecular flexibility index (Phi) is 7.56. The summed E-state index contributed by atoms with van der Waals surface area (Å²) in [5, 5.41) is 7.25. The molecule has 0 aliphatic carbocycles. The van der Waals surface area contributed by atoms with Gasteiger partial charge in [-0.1, -0.05) is 35.3 Å². The second-order valence-electron chi connectivity index (χ2n) is 4.08. The largest absolute Gasteiger partial charge is 0.353 e. The number of carbonyl (C=O) groups is 1. The van der Waals surface area contributed by atoms with E-state index in [0.29, 0.717) is 29.6 Å². The Morgan fingerprint density at radius 2 is 2.11 bits per heavy atom. The van der Waals surface area contributed by atoms with Crippen LogP contribution in [0, 0.1) is 0 Å². The van der Waals surface area contributed by atoms with Crippen LogP contribution >= 0.6 is 23.2 Å². The first-order chi connectivity index (χ1) is 9.13. The van der Waals surface area contributed by atoms with Gasteiger partial charge in [-0.25, -0.2) is 0 Å². The summed E-state index contributed by atoms with van der Waals surface area (Å²) >= 11 is 11.9. The lowest BCUT2D eigenvalue weighted by Crippen LogP contribution is -2.28. The van der Waals surface area contributed by atoms with Crippen LogP contribution in [0.15, 0.2) is 30.9 Å². The number of amides is 1. The third-order valence-corrected chi connectivity index (χ3v) is 3.15. The van der Waals surface area contributed by atoms with Gasteiger partial charge in [-0.15, -0.1) is 6.58 Å². The van der Waals surface area contributed by atoms with Crippen LogP contribution in [0.3, 0.4) is 0 Å². The summed E-state index contributed by atoms with van der Waals surface area (Å²) in [4.78, 5) is 11.3. The van der Waals surface area contributed by atoms with Gasteiger partial charge in [0.05, 0.1) is 0 Å².